The van der Waals surface area contributed by atoms with Crippen LogP contribution in [0.4, 0.5) is 0 Å². The highest BCUT2D eigenvalue weighted by atomic mass is 32.2. The van der Waals surface area contributed by atoms with E-state index in [4.69, 9.17) is 4.42 Å². The molecule has 4 nitrogen and oxygen atoms in total. The number of aromatic amines is 1. The van der Waals surface area contributed by atoms with Gasteiger partial charge in [0.05, 0.1) is 12.9 Å². The number of H-pyrrole nitrogens is 1. The van der Waals surface area contributed by atoms with Crippen molar-refractivity contribution in [3.05, 3.63) is 53.6 Å². The maximum absolute atomic E-state index is 11.4. The molecule has 0 aliphatic rings. The van der Waals surface area contributed by atoms with E-state index in [9.17, 15) is 4.79 Å². The summed E-state index contributed by atoms with van der Waals surface area (Å²) in [7, 11) is 1.34. The molecule has 0 saturated carbocycles. The second kappa shape index (κ2) is 5.69. The molecule has 0 aliphatic heterocycles. The molecule has 0 amide bonds. The number of hydrogen-bond acceptors (Lipinski definition) is 4. The number of methoxy groups -OCH3 is 1. The number of ether oxygens (including phenoxy) is 1. The molecule has 3 rings (SSSR count). The van der Waals surface area contributed by atoms with Gasteiger partial charge >= 0.3 is 5.97 Å². The Morgan fingerprint density at radius 2 is 2.10 bits per heavy atom. The van der Waals surface area contributed by atoms with Crippen molar-refractivity contribution >= 4 is 28.6 Å². The monoisotopic (exact) mass is 301 g/mol. The number of hydrogen-bond donors (Lipinski definition) is 1. The van der Waals surface area contributed by atoms with Crippen molar-refractivity contribution in [3.8, 4) is 0 Å². The van der Waals surface area contributed by atoms with Gasteiger partial charge in [-0.25, -0.2) is 4.79 Å². The number of carbonyl (C=O) groups is 1. The lowest BCUT2D eigenvalue weighted by atomic mass is 10.2. The van der Waals surface area contributed by atoms with Crippen LogP contribution in [0, 0.1) is 6.92 Å². The molecule has 0 aliphatic carbocycles. The number of aromatic nitrogens is 1. The zero-order valence-corrected chi connectivity index (χ0v) is 12.6. The van der Waals surface area contributed by atoms with E-state index in [1.807, 2.05) is 18.2 Å². The Morgan fingerprint density at radius 3 is 2.90 bits per heavy atom. The van der Waals surface area contributed by atoms with Gasteiger partial charge in [0.25, 0.3) is 0 Å². The largest absolute Gasteiger partial charge is 0.463 e. The minimum absolute atomic E-state index is 0.240. The fourth-order valence-electron chi connectivity index (χ4n) is 2.25. The summed E-state index contributed by atoms with van der Waals surface area (Å²) in [5.41, 5.74) is 2.27. The number of nitrogens with one attached hydrogen (secondary N) is 1. The Kier molecular flexibility index (Phi) is 3.75. The summed E-state index contributed by atoms with van der Waals surface area (Å²) >= 11 is 1.69. The SMILES string of the molecule is COC(=O)c1ccc(CSc2c(C)[nH]c3ccccc23)o1. The number of thioether (sulfide) groups is 1. The molecule has 2 aromatic heterocycles. The molecule has 21 heavy (non-hydrogen) atoms. The van der Waals surface area contributed by atoms with E-state index in [1.165, 1.54) is 17.4 Å². The molecule has 0 bridgehead atoms. The summed E-state index contributed by atoms with van der Waals surface area (Å²) in [5.74, 6) is 1.21. The molecule has 1 N–H and O–H groups in total. The Hall–Kier alpha value is -2.14. The third-order valence-corrected chi connectivity index (χ3v) is 4.49. The van der Waals surface area contributed by atoms with Gasteiger partial charge in [0.15, 0.2) is 0 Å². The van der Waals surface area contributed by atoms with Crippen molar-refractivity contribution in [2.24, 2.45) is 0 Å². The van der Waals surface area contributed by atoms with Crippen molar-refractivity contribution in [3.63, 3.8) is 0 Å². The number of furan rings is 1. The maximum Gasteiger partial charge on any atom is 0.373 e. The van der Waals surface area contributed by atoms with Crippen LogP contribution in [0.25, 0.3) is 10.9 Å². The van der Waals surface area contributed by atoms with Crippen molar-refractivity contribution in [1.29, 1.82) is 0 Å². The standard InChI is InChI=1S/C16H15NO3S/c1-10-15(12-5-3-4-6-13(12)17-10)21-9-11-7-8-14(20-11)16(18)19-2/h3-8,17H,9H2,1-2H3. The molecular weight excluding hydrogens is 286 g/mol. The molecule has 0 radical (unpaired) electrons. The van der Waals surface area contributed by atoms with Gasteiger partial charge in [-0.15, -0.1) is 11.8 Å². The summed E-state index contributed by atoms with van der Waals surface area (Å²) in [4.78, 5) is 15.9. The van der Waals surface area contributed by atoms with E-state index in [-0.39, 0.29) is 5.76 Å². The number of para-hydroxylation sites is 1. The molecule has 108 valence electrons. The van der Waals surface area contributed by atoms with Gasteiger partial charge in [-0.05, 0) is 25.1 Å². The molecule has 2 heterocycles. The molecular formula is C16H15NO3S. The Morgan fingerprint density at radius 1 is 1.29 bits per heavy atom. The van der Waals surface area contributed by atoms with Gasteiger partial charge in [-0.3, -0.25) is 0 Å². The third-order valence-electron chi connectivity index (χ3n) is 3.24. The fourth-order valence-corrected chi connectivity index (χ4v) is 3.29. The van der Waals surface area contributed by atoms with Gasteiger partial charge in [-0.1, -0.05) is 18.2 Å². The van der Waals surface area contributed by atoms with Gasteiger partial charge in [0, 0.05) is 21.5 Å². The van der Waals surface area contributed by atoms with Gasteiger partial charge in [-0.2, -0.15) is 0 Å². The zero-order chi connectivity index (χ0) is 14.8. The Labute approximate surface area is 126 Å². The van der Waals surface area contributed by atoms with Crippen LogP contribution in [-0.4, -0.2) is 18.1 Å². The minimum atomic E-state index is -0.450. The Balaban J connectivity index is 1.79. The van der Waals surface area contributed by atoms with E-state index < -0.39 is 5.97 Å². The number of rotatable bonds is 4. The van der Waals surface area contributed by atoms with Gasteiger partial charge < -0.3 is 14.1 Å². The summed E-state index contributed by atoms with van der Waals surface area (Å²) in [6.45, 7) is 2.06. The lowest BCUT2D eigenvalue weighted by molar-refractivity contribution is 0.0563. The zero-order valence-electron chi connectivity index (χ0n) is 11.8. The van der Waals surface area contributed by atoms with Crippen LogP contribution in [0.1, 0.15) is 22.0 Å². The van der Waals surface area contributed by atoms with Crippen molar-refractivity contribution in [2.45, 2.75) is 17.6 Å². The summed E-state index contributed by atoms with van der Waals surface area (Å²) in [5, 5.41) is 1.21. The van der Waals surface area contributed by atoms with E-state index in [0.717, 1.165) is 17.0 Å². The Bertz CT molecular complexity index is 788. The highest BCUT2D eigenvalue weighted by molar-refractivity contribution is 7.98. The van der Waals surface area contributed by atoms with Crippen LogP contribution < -0.4 is 0 Å². The average molecular weight is 301 g/mol. The molecule has 3 aromatic rings. The van der Waals surface area contributed by atoms with E-state index >= 15 is 0 Å². The number of aryl methyl sites for hydroxylation is 1. The molecule has 0 fully saturated rings. The lowest BCUT2D eigenvalue weighted by Gasteiger charge is -2.00. The summed E-state index contributed by atoms with van der Waals surface area (Å²) in [6.07, 6.45) is 0. The number of benzene rings is 1. The predicted molar refractivity (Wildman–Crippen MR) is 82.6 cm³/mol. The van der Waals surface area contributed by atoms with E-state index in [1.54, 1.807) is 17.8 Å². The number of carbonyl (C=O) groups excluding carboxylic acids is 1. The summed E-state index contributed by atoms with van der Waals surface area (Å²) in [6, 6.07) is 11.7. The molecule has 0 saturated heterocycles. The third kappa shape index (κ3) is 2.69. The van der Waals surface area contributed by atoms with Gasteiger partial charge in [0.1, 0.15) is 5.76 Å². The van der Waals surface area contributed by atoms with Crippen LogP contribution in [0.2, 0.25) is 0 Å². The first kappa shape index (κ1) is 13.8. The van der Waals surface area contributed by atoms with Crippen LogP contribution in [0.5, 0.6) is 0 Å². The highest BCUT2D eigenvalue weighted by Crippen LogP contribution is 2.33. The molecule has 0 unspecified atom stereocenters. The first-order valence-electron chi connectivity index (χ1n) is 6.56. The van der Waals surface area contributed by atoms with E-state index in [2.05, 4.69) is 28.8 Å². The normalized spacial score (nSPS) is 11.0. The number of fused-ring (bicyclic) bond motifs is 1. The van der Waals surface area contributed by atoms with Crippen LogP contribution in [0.15, 0.2) is 45.7 Å². The first-order valence-corrected chi connectivity index (χ1v) is 7.54. The van der Waals surface area contributed by atoms with Crippen LogP contribution >= 0.6 is 11.8 Å². The van der Waals surface area contributed by atoms with Crippen LogP contribution in [-0.2, 0) is 10.5 Å². The second-order valence-corrected chi connectivity index (χ2v) is 5.66. The van der Waals surface area contributed by atoms with Crippen LogP contribution in [0.3, 0.4) is 0 Å². The maximum atomic E-state index is 11.4. The van der Waals surface area contributed by atoms with Crippen molar-refractivity contribution < 1.29 is 13.9 Å². The smallest absolute Gasteiger partial charge is 0.373 e. The summed E-state index contributed by atoms with van der Waals surface area (Å²) < 4.78 is 10.1. The van der Waals surface area contributed by atoms with Crippen molar-refractivity contribution in [2.75, 3.05) is 7.11 Å². The quantitative estimate of drug-likeness (QED) is 0.581. The minimum Gasteiger partial charge on any atom is -0.463 e. The molecule has 0 spiro atoms. The lowest BCUT2D eigenvalue weighted by Crippen LogP contribution is -1.98. The fraction of sp³-hybridized carbons (Fsp3) is 0.188. The van der Waals surface area contributed by atoms with E-state index in [0.29, 0.717) is 5.75 Å². The first-order chi connectivity index (χ1) is 10.2. The molecule has 0 atom stereocenters. The second-order valence-electron chi connectivity index (χ2n) is 4.67. The topological polar surface area (TPSA) is 55.2 Å². The number of esters is 1. The van der Waals surface area contributed by atoms with Crippen molar-refractivity contribution in [1.82, 2.24) is 4.98 Å². The molecule has 1 aromatic carbocycles. The van der Waals surface area contributed by atoms with Gasteiger partial charge in [0.2, 0.25) is 5.76 Å². The average Bonchev–Trinajstić information content (AvgIpc) is 3.08. The highest BCUT2D eigenvalue weighted by Gasteiger charge is 2.13. The molecule has 5 heteroatoms. The predicted octanol–water partition coefficient (Wildman–Crippen LogP) is 4.15.